The average molecular weight is 473 g/mol. The van der Waals surface area contributed by atoms with Crippen LogP contribution in [0.15, 0.2) is 54.6 Å². The highest BCUT2D eigenvalue weighted by Crippen LogP contribution is 2.43. The largest absolute Gasteiger partial charge is 0.497 e. The molecule has 2 aromatic rings. The van der Waals surface area contributed by atoms with Gasteiger partial charge in [-0.2, -0.15) is 0 Å². The van der Waals surface area contributed by atoms with Gasteiger partial charge in [0.25, 0.3) is 5.92 Å². The van der Waals surface area contributed by atoms with Gasteiger partial charge in [-0.05, 0) is 50.1 Å². The fourth-order valence-electron chi connectivity index (χ4n) is 5.19. The Hall–Kier alpha value is -2.51. The standard InChI is InChI=1S/C27H34F2N2O3/c1-26(2,25(32)34-17-21-9-11-22(33-3)12-10-21)18-30-14-13-24-23(16-30)27(28,29)19-31(24)15-20-7-5-4-6-8-20/h4-12,23-24H,13-19H2,1-3H3. The molecule has 2 heterocycles. The zero-order valence-electron chi connectivity index (χ0n) is 20.2. The number of hydrogen-bond acceptors (Lipinski definition) is 5. The summed E-state index contributed by atoms with van der Waals surface area (Å²) in [7, 11) is 1.60. The maximum absolute atomic E-state index is 15.0. The molecule has 4 rings (SSSR count). The fourth-order valence-corrected chi connectivity index (χ4v) is 5.19. The number of hydrogen-bond donors (Lipinski definition) is 0. The number of fused-ring (bicyclic) bond motifs is 1. The molecule has 2 atom stereocenters. The lowest BCUT2D eigenvalue weighted by molar-refractivity contribution is -0.157. The van der Waals surface area contributed by atoms with E-state index in [1.807, 2.05) is 78.2 Å². The molecule has 2 aliphatic heterocycles. The summed E-state index contributed by atoms with van der Waals surface area (Å²) >= 11 is 0. The molecule has 0 radical (unpaired) electrons. The van der Waals surface area contributed by atoms with Gasteiger partial charge in [0, 0.05) is 25.7 Å². The Kier molecular flexibility index (Phi) is 7.24. The van der Waals surface area contributed by atoms with E-state index in [-0.39, 0.29) is 31.7 Å². The van der Waals surface area contributed by atoms with E-state index in [4.69, 9.17) is 9.47 Å². The minimum Gasteiger partial charge on any atom is -0.497 e. The van der Waals surface area contributed by atoms with Gasteiger partial charge in [-0.3, -0.25) is 9.69 Å². The highest BCUT2D eigenvalue weighted by Gasteiger charge is 2.56. The summed E-state index contributed by atoms with van der Waals surface area (Å²) in [4.78, 5) is 16.8. The van der Waals surface area contributed by atoms with Gasteiger partial charge in [-0.25, -0.2) is 8.78 Å². The number of likely N-dealkylation sites (tertiary alicyclic amines) is 2. The average Bonchev–Trinajstić information content (AvgIpc) is 3.07. The van der Waals surface area contributed by atoms with E-state index < -0.39 is 17.3 Å². The molecule has 2 fully saturated rings. The molecule has 0 N–H and O–H groups in total. The third-order valence-electron chi connectivity index (χ3n) is 7.01. The Balaban J connectivity index is 1.33. The number of halogens is 2. The van der Waals surface area contributed by atoms with Crippen LogP contribution in [0.5, 0.6) is 5.75 Å². The molecule has 0 spiro atoms. The van der Waals surface area contributed by atoms with Gasteiger partial charge in [0.15, 0.2) is 0 Å². The van der Waals surface area contributed by atoms with Crippen LogP contribution in [0.25, 0.3) is 0 Å². The first-order chi connectivity index (χ1) is 16.2. The van der Waals surface area contributed by atoms with Crippen LogP contribution in [0.3, 0.4) is 0 Å². The first-order valence-electron chi connectivity index (χ1n) is 11.9. The van der Waals surface area contributed by atoms with Crippen molar-refractivity contribution in [1.29, 1.82) is 0 Å². The molecule has 2 aliphatic rings. The van der Waals surface area contributed by atoms with E-state index in [0.29, 0.717) is 26.1 Å². The minimum atomic E-state index is -2.74. The predicted octanol–water partition coefficient (Wildman–Crippen LogP) is 4.61. The number of piperidine rings is 1. The number of nitrogens with zero attached hydrogens (tertiary/aromatic N) is 2. The molecule has 0 amide bonds. The van der Waals surface area contributed by atoms with Crippen molar-refractivity contribution >= 4 is 5.97 Å². The molecule has 2 unspecified atom stereocenters. The summed E-state index contributed by atoms with van der Waals surface area (Å²) in [5.74, 6) is -3.05. The van der Waals surface area contributed by atoms with Crippen LogP contribution in [0.2, 0.25) is 0 Å². The quantitative estimate of drug-likeness (QED) is 0.525. The van der Waals surface area contributed by atoms with E-state index in [2.05, 4.69) is 0 Å². The first kappa shape index (κ1) is 24.6. The lowest BCUT2D eigenvalue weighted by atomic mass is 9.87. The molecule has 2 aromatic carbocycles. The van der Waals surface area contributed by atoms with Crippen LogP contribution >= 0.6 is 0 Å². The number of benzene rings is 2. The second kappa shape index (κ2) is 10.0. The van der Waals surface area contributed by atoms with Crippen molar-refractivity contribution < 1.29 is 23.0 Å². The van der Waals surface area contributed by atoms with Crippen LogP contribution in [-0.4, -0.2) is 61.0 Å². The van der Waals surface area contributed by atoms with Crippen molar-refractivity contribution in [2.45, 2.75) is 45.4 Å². The molecule has 0 bridgehead atoms. The van der Waals surface area contributed by atoms with Crippen molar-refractivity contribution in [3.8, 4) is 5.75 Å². The molecule has 0 aromatic heterocycles. The molecule has 0 aliphatic carbocycles. The second-order valence-corrected chi connectivity index (χ2v) is 10.2. The molecular weight excluding hydrogens is 438 g/mol. The summed E-state index contributed by atoms with van der Waals surface area (Å²) < 4.78 is 40.7. The number of rotatable bonds is 8. The van der Waals surface area contributed by atoms with Crippen molar-refractivity contribution in [3.63, 3.8) is 0 Å². The van der Waals surface area contributed by atoms with Gasteiger partial charge in [0.05, 0.1) is 25.0 Å². The van der Waals surface area contributed by atoms with Crippen molar-refractivity contribution in [2.75, 3.05) is 33.3 Å². The third kappa shape index (κ3) is 5.58. The number of esters is 1. The maximum Gasteiger partial charge on any atom is 0.313 e. The van der Waals surface area contributed by atoms with Crippen LogP contribution in [0, 0.1) is 11.3 Å². The van der Waals surface area contributed by atoms with Crippen LogP contribution < -0.4 is 4.74 Å². The fraction of sp³-hybridized carbons (Fsp3) is 0.519. The molecule has 0 saturated carbocycles. The Labute approximate surface area is 200 Å². The highest BCUT2D eigenvalue weighted by atomic mass is 19.3. The normalized spacial score (nSPS) is 22.9. The number of carbonyl (C=O) groups is 1. The number of methoxy groups -OCH3 is 1. The Morgan fingerprint density at radius 2 is 1.79 bits per heavy atom. The Morgan fingerprint density at radius 3 is 2.47 bits per heavy atom. The predicted molar refractivity (Wildman–Crippen MR) is 127 cm³/mol. The third-order valence-corrected chi connectivity index (χ3v) is 7.01. The molecule has 5 nitrogen and oxygen atoms in total. The smallest absolute Gasteiger partial charge is 0.313 e. The van der Waals surface area contributed by atoms with Gasteiger partial charge < -0.3 is 14.4 Å². The van der Waals surface area contributed by atoms with Crippen LogP contribution in [-0.2, 0) is 22.7 Å². The summed E-state index contributed by atoms with van der Waals surface area (Å²) in [6, 6.07) is 17.0. The highest BCUT2D eigenvalue weighted by molar-refractivity contribution is 5.76. The summed E-state index contributed by atoms with van der Waals surface area (Å²) in [5.41, 5.74) is 1.13. The number of alkyl halides is 2. The Morgan fingerprint density at radius 1 is 1.09 bits per heavy atom. The van der Waals surface area contributed by atoms with E-state index in [1.54, 1.807) is 7.11 Å². The van der Waals surface area contributed by atoms with E-state index in [0.717, 1.165) is 16.9 Å². The first-order valence-corrected chi connectivity index (χ1v) is 11.9. The van der Waals surface area contributed by atoms with Crippen molar-refractivity contribution in [3.05, 3.63) is 65.7 Å². The van der Waals surface area contributed by atoms with Gasteiger partial charge in [0.2, 0.25) is 0 Å². The lowest BCUT2D eigenvalue weighted by Crippen LogP contribution is -2.51. The summed E-state index contributed by atoms with van der Waals surface area (Å²) in [5, 5.41) is 0. The topological polar surface area (TPSA) is 42.0 Å². The van der Waals surface area contributed by atoms with Gasteiger partial charge in [0.1, 0.15) is 12.4 Å². The van der Waals surface area contributed by atoms with Gasteiger partial charge in [-0.1, -0.05) is 42.5 Å². The summed E-state index contributed by atoms with van der Waals surface area (Å²) in [6.07, 6.45) is 0.671. The van der Waals surface area contributed by atoms with E-state index in [1.165, 1.54) is 0 Å². The summed E-state index contributed by atoms with van der Waals surface area (Å²) in [6.45, 7) is 5.53. The van der Waals surface area contributed by atoms with Crippen LogP contribution in [0.4, 0.5) is 8.78 Å². The second-order valence-electron chi connectivity index (χ2n) is 10.2. The SMILES string of the molecule is COc1ccc(COC(=O)C(C)(C)CN2CCC3C(C2)C(F)(F)CN3Cc2ccccc2)cc1. The maximum atomic E-state index is 15.0. The monoisotopic (exact) mass is 472 g/mol. The number of ether oxygens (including phenoxy) is 2. The van der Waals surface area contributed by atoms with E-state index in [9.17, 15) is 13.6 Å². The minimum absolute atomic E-state index is 0.142. The van der Waals surface area contributed by atoms with Gasteiger partial charge in [-0.15, -0.1) is 0 Å². The number of carbonyl (C=O) groups excluding carboxylic acids is 1. The lowest BCUT2D eigenvalue weighted by Gasteiger charge is -2.41. The molecule has 2 saturated heterocycles. The molecule has 184 valence electrons. The molecular formula is C27H34F2N2O3. The van der Waals surface area contributed by atoms with Crippen LogP contribution in [0.1, 0.15) is 31.4 Å². The molecule has 34 heavy (non-hydrogen) atoms. The van der Waals surface area contributed by atoms with Gasteiger partial charge >= 0.3 is 5.97 Å². The molecule has 7 heteroatoms. The zero-order valence-corrected chi connectivity index (χ0v) is 20.2. The van der Waals surface area contributed by atoms with Crippen molar-refractivity contribution in [1.82, 2.24) is 9.80 Å². The van der Waals surface area contributed by atoms with Crippen molar-refractivity contribution in [2.24, 2.45) is 11.3 Å². The van der Waals surface area contributed by atoms with E-state index >= 15 is 0 Å². The zero-order chi connectivity index (χ0) is 24.3. The Bertz CT molecular complexity index is 966.